The maximum atomic E-state index is 13.1. The molecule has 0 radical (unpaired) electrons. The molecule has 0 heterocycles. The lowest BCUT2D eigenvalue weighted by atomic mass is 10.0. The van der Waals surface area contributed by atoms with Crippen molar-refractivity contribution >= 4 is 22.4 Å². The Labute approximate surface area is 133 Å². The second-order valence-electron chi connectivity index (χ2n) is 5.67. The van der Waals surface area contributed by atoms with Gasteiger partial charge in [-0.2, -0.15) is 0 Å². The van der Waals surface area contributed by atoms with Crippen LogP contribution in [0.4, 0.5) is 4.39 Å². The van der Waals surface area contributed by atoms with E-state index in [1.165, 1.54) is 31.4 Å². The maximum absolute atomic E-state index is 13.1. The third-order valence-electron chi connectivity index (χ3n) is 4.14. The Hall–Kier alpha value is -0.450. The predicted octanol–water partition coefficient (Wildman–Crippen LogP) is 4.15. The van der Waals surface area contributed by atoms with Crippen LogP contribution in [0.25, 0.3) is 0 Å². The number of benzene rings is 1. The molecule has 2 nitrogen and oxygen atoms in total. The summed E-state index contributed by atoms with van der Waals surface area (Å²) in [4.78, 5) is 0.623. The smallest absolute Gasteiger partial charge is 0.141 e. The van der Waals surface area contributed by atoms with Gasteiger partial charge in [-0.25, -0.2) is 4.39 Å². The second kappa shape index (κ2) is 8.25. The molecule has 0 saturated heterocycles. The van der Waals surface area contributed by atoms with Crippen LogP contribution in [0.3, 0.4) is 0 Å². The number of rotatable bonds is 7. The van der Waals surface area contributed by atoms with E-state index in [9.17, 15) is 8.60 Å². The van der Waals surface area contributed by atoms with Crippen molar-refractivity contribution < 1.29 is 8.60 Å². The third-order valence-corrected chi connectivity index (χ3v) is 5.82. The normalized spacial score (nSPS) is 23.4. The van der Waals surface area contributed by atoms with Crippen LogP contribution in [0, 0.1) is 11.7 Å². The summed E-state index contributed by atoms with van der Waals surface area (Å²) in [7, 11) is -1.10. The van der Waals surface area contributed by atoms with Gasteiger partial charge in [-0.05, 0) is 56.3 Å². The first-order chi connectivity index (χ1) is 10.1. The van der Waals surface area contributed by atoms with Crippen LogP contribution in [0.1, 0.15) is 39.0 Å². The van der Waals surface area contributed by atoms with Crippen molar-refractivity contribution in [2.24, 2.45) is 5.92 Å². The molecule has 3 unspecified atom stereocenters. The lowest BCUT2D eigenvalue weighted by molar-refractivity contribution is 0.393. The van der Waals surface area contributed by atoms with Gasteiger partial charge in [-0.15, -0.1) is 0 Å². The van der Waals surface area contributed by atoms with Gasteiger partial charge in [-0.1, -0.05) is 24.9 Å². The molecule has 5 heteroatoms. The molecule has 1 fully saturated rings. The van der Waals surface area contributed by atoms with Gasteiger partial charge >= 0.3 is 0 Å². The van der Waals surface area contributed by atoms with Crippen LogP contribution in [0.15, 0.2) is 23.1 Å². The summed E-state index contributed by atoms with van der Waals surface area (Å²) in [5.41, 5.74) is 0. The molecule has 0 spiro atoms. The van der Waals surface area contributed by atoms with Crippen LogP contribution in [-0.4, -0.2) is 22.5 Å². The van der Waals surface area contributed by atoms with Gasteiger partial charge in [0, 0.05) is 16.7 Å². The zero-order valence-electron chi connectivity index (χ0n) is 12.4. The fourth-order valence-corrected chi connectivity index (χ4v) is 4.44. The van der Waals surface area contributed by atoms with E-state index in [2.05, 4.69) is 12.2 Å². The predicted molar refractivity (Wildman–Crippen MR) is 86.7 cm³/mol. The molecule has 0 aliphatic heterocycles. The van der Waals surface area contributed by atoms with Crippen LogP contribution in [0.5, 0.6) is 0 Å². The lowest BCUT2D eigenvalue weighted by Crippen LogP contribution is -2.33. The third kappa shape index (κ3) is 4.76. The zero-order chi connectivity index (χ0) is 15.2. The standard InChI is InChI=1S/C16H23ClFNOS/c1-2-9-19-16-5-3-4-12(16)8-10-21(20)13-6-7-15(18)14(17)11-13/h6-7,11-12,16,19H,2-5,8-10H2,1H3. The summed E-state index contributed by atoms with van der Waals surface area (Å²) >= 11 is 5.75. The molecule has 0 bridgehead atoms. The molecule has 21 heavy (non-hydrogen) atoms. The Kier molecular flexibility index (Phi) is 6.65. The van der Waals surface area contributed by atoms with Gasteiger partial charge in [0.1, 0.15) is 5.82 Å². The van der Waals surface area contributed by atoms with Gasteiger partial charge in [0.25, 0.3) is 0 Å². The highest BCUT2D eigenvalue weighted by molar-refractivity contribution is 7.85. The molecular formula is C16H23ClFNOS. The Balaban J connectivity index is 1.86. The van der Waals surface area contributed by atoms with Crippen molar-refractivity contribution in [3.8, 4) is 0 Å². The minimum absolute atomic E-state index is 0.0456. The van der Waals surface area contributed by atoms with Crippen LogP contribution < -0.4 is 5.32 Å². The number of hydrogen-bond donors (Lipinski definition) is 1. The zero-order valence-corrected chi connectivity index (χ0v) is 14.0. The molecule has 0 aromatic heterocycles. The summed E-state index contributed by atoms with van der Waals surface area (Å²) in [5.74, 6) is 0.769. The highest BCUT2D eigenvalue weighted by Gasteiger charge is 2.26. The average Bonchev–Trinajstić information content (AvgIpc) is 2.92. The highest BCUT2D eigenvalue weighted by atomic mass is 35.5. The molecule has 1 aliphatic rings. The number of halogens is 2. The summed E-state index contributed by atoms with van der Waals surface area (Å²) in [5, 5.41) is 3.64. The molecule has 1 aromatic rings. The van der Waals surface area contributed by atoms with Gasteiger partial charge in [-0.3, -0.25) is 4.21 Å². The fourth-order valence-electron chi connectivity index (χ4n) is 2.98. The van der Waals surface area contributed by atoms with Crippen molar-refractivity contribution in [2.75, 3.05) is 12.3 Å². The van der Waals surface area contributed by atoms with Crippen molar-refractivity contribution in [2.45, 2.75) is 50.0 Å². The van der Waals surface area contributed by atoms with Crippen molar-refractivity contribution in [1.29, 1.82) is 0 Å². The van der Waals surface area contributed by atoms with Crippen molar-refractivity contribution in [3.05, 3.63) is 29.0 Å². The van der Waals surface area contributed by atoms with E-state index in [0.717, 1.165) is 19.4 Å². The topological polar surface area (TPSA) is 29.1 Å². The van der Waals surface area contributed by atoms with Crippen LogP contribution in [0.2, 0.25) is 5.02 Å². The van der Waals surface area contributed by atoms with E-state index in [4.69, 9.17) is 11.6 Å². The number of hydrogen-bond acceptors (Lipinski definition) is 2. The first-order valence-corrected chi connectivity index (χ1v) is 9.38. The molecule has 2 rings (SSSR count). The molecule has 118 valence electrons. The largest absolute Gasteiger partial charge is 0.314 e. The van der Waals surface area contributed by atoms with E-state index in [-0.39, 0.29) is 5.02 Å². The summed E-state index contributed by atoms with van der Waals surface area (Å²) in [6, 6.07) is 4.91. The van der Waals surface area contributed by atoms with E-state index in [0.29, 0.717) is 22.6 Å². The summed E-state index contributed by atoms with van der Waals surface area (Å²) in [6.07, 6.45) is 5.77. The molecule has 3 atom stereocenters. The summed E-state index contributed by atoms with van der Waals surface area (Å²) < 4.78 is 25.4. The SMILES string of the molecule is CCCNC1CCCC1CCS(=O)c1ccc(F)c(Cl)c1. The number of nitrogens with one attached hydrogen (secondary N) is 1. The average molecular weight is 332 g/mol. The van der Waals surface area contributed by atoms with Crippen LogP contribution in [-0.2, 0) is 10.8 Å². The molecule has 1 saturated carbocycles. The van der Waals surface area contributed by atoms with E-state index < -0.39 is 16.6 Å². The lowest BCUT2D eigenvalue weighted by Gasteiger charge is -2.20. The Morgan fingerprint density at radius 3 is 2.95 bits per heavy atom. The van der Waals surface area contributed by atoms with Gasteiger partial charge in [0.05, 0.1) is 15.8 Å². The fraction of sp³-hybridized carbons (Fsp3) is 0.625. The Morgan fingerprint density at radius 1 is 1.43 bits per heavy atom. The second-order valence-corrected chi connectivity index (χ2v) is 7.64. The van der Waals surface area contributed by atoms with Crippen molar-refractivity contribution in [3.63, 3.8) is 0 Å². The first kappa shape index (κ1) is 16.9. The minimum atomic E-state index is -1.10. The van der Waals surface area contributed by atoms with Crippen LogP contribution >= 0.6 is 11.6 Å². The summed E-state index contributed by atoms with van der Waals surface area (Å²) in [6.45, 7) is 3.22. The van der Waals surface area contributed by atoms with E-state index in [1.807, 2.05) is 0 Å². The Morgan fingerprint density at radius 2 is 2.24 bits per heavy atom. The van der Waals surface area contributed by atoms with Crippen molar-refractivity contribution in [1.82, 2.24) is 5.32 Å². The molecular weight excluding hydrogens is 309 g/mol. The van der Waals surface area contributed by atoms with E-state index >= 15 is 0 Å². The van der Waals surface area contributed by atoms with Gasteiger partial charge < -0.3 is 5.32 Å². The van der Waals surface area contributed by atoms with Gasteiger partial charge in [0.15, 0.2) is 0 Å². The molecule has 1 N–H and O–H groups in total. The highest BCUT2D eigenvalue weighted by Crippen LogP contribution is 2.29. The molecule has 1 aliphatic carbocycles. The first-order valence-electron chi connectivity index (χ1n) is 7.68. The van der Waals surface area contributed by atoms with E-state index in [1.54, 1.807) is 6.07 Å². The monoisotopic (exact) mass is 331 g/mol. The molecule has 1 aromatic carbocycles. The maximum Gasteiger partial charge on any atom is 0.141 e. The Bertz CT molecular complexity index is 497. The quantitative estimate of drug-likeness (QED) is 0.813. The minimum Gasteiger partial charge on any atom is -0.314 e. The molecule has 0 amide bonds. The van der Waals surface area contributed by atoms with Gasteiger partial charge in [0.2, 0.25) is 0 Å².